The lowest BCUT2D eigenvalue weighted by molar-refractivity contribution is -0.162. The molecule has 0 spiro atoms. The molecule has 0 aromatic carbocycles. The standard InChI is InChI=1S/C8H9NO4/c1-13-7(12)8(6(10)11)2-4-9-5-3-8/h2,4-5H,3H2,1H3,(H,10,11). The van der Waals surface area contributed by atoms with E-state index in [1.165, 1.54) is 18.5 Å². The summed E-state index contributed by atoms with van der Waals surface area (Å²) >= 11 is 0. The molecule has 1 aliphatic rings. The number of carbonyl (C=O) groups is 2. The van der Waals surface area contributed by atoms with Crippen molar-refractivity contribution in [3.8, 4) is 0 Å². The molecule has 0 radical (unpaired) electrons. The van der Waals surface area contributed by atoms with Crippen LogP contribution in [0.2, 0.25) is 0 Å². The molecule has 0 aromatic rings. The van der Waals surface area contributed by atoms with Crippen LogP contribution >= 0.6 is 0 Å². The number of carboxylic acids is 1. The lowest BCUT2D eigenvalue weighted by atomic mass is 9.84. The van der Waals surface area contributed by atoms with Gasteiger partial charge < -0.3 is 9.84 Å². The van der Waals surface area contributed by atoms with E-state index in [1.54, 1.807) is 0 Å². The normalized spacial score (nSPS) is 25.6. The van der Waals surface area contributed by atoms with Gasteiger partial charge in [0.05, 0.1) is 7.11 Å². The van der Waals surface area contributed by atoms with Crippen molar-refractivity contribution in [2.45, 2.75) is 6.42 Å². The molecule has 0 bridgehead atoms. The van der Waals surface area contributed by atoms with Gasteiger partial charge in [-0.25, -0.2) is 0 Å². The van der Waals surface area contributed by atoms with E-state index < -0.39 is 17.4 Å². The fraction of sp³-hybridized carbons (Fsp3) is 0.375. The number of aliphatic carboxylic acids is 1. The third kappa shape index (κ3) is 1.44. The zero-order valence-electron chi connectivity index (χ0n) is 7.06. The summed E-state index contributed by atoms with van der Waals surface area (Å²) in [5.41, 5.74) is -1.59. The molecule has 1 unspecified atom stereocenters. The van der Waals surface area contributed by atoms with Crippen LogP contribution in [0.1, 0.15) is 6.42 Å². The summed E-state index contributed by atoms with van der Waals surface area (Å²) in [4.78, 5) is 25.8. The van der Waals surface area contributed by atoms with Crippen molar-refractivity contribution in [3.05, 3.63) is 12.3 Å². The first-order valence-electron chi connectivity index (χ1n) is 3.64. The SMILES string of the molecule is COC(=O)C1(C(=O)O)C=CN=CC1. The Balaban J connectivity index is 3.02. The predicted molar refractivity (Wildman–Crippen MR) is 44.3 cm³/mol. The Labute approximate surface area is 74.7 Å². The first-order valence-corrected chi connectivity index (χ1v) is 3.64. The Hall–Kier alpha value is -1.65. The van der Waals surface area contributed by atoms with Crippen molar-refractivity contribution >= 4 is 18.2 Å². The van der Waals surface area contributed by atoms with Crippen LogP contribution in [0, 0.1) is 5.41 Å². The van der Waals surface area contributed by atoms with Gasteiger partial charge in [-0.2, -0.15) is 0 Å². The molecule has 70 valence electrons. The summed E-state index contributed by atoms with van der Waals surface area (Å²) in [6.45, 7) is 0. The molecule has 1 atom stereocenters. The second-order valence-electron chi connectivity index (χ2n) is 2.62. The van der Waals surface area contributed by atoms with Crippen LogP contribution in [-0.4, -0.2) is 30.4 Å². The third-order valence-electron chi connectivity index (χ3n) is 1.90. The molecule has 1 aliphatic heterocycles. The van der Waals surface area contributed by atoms with Crippen molar-refractivity contribution in [2.24, 2.45) is 10.4 Å². The summed E-state index contributed by atoms with van der Waals surface area (Å²) in [5, 5.41) is 8.88. The van der Waals surface area contributed by atoms with Gasteiger partial charge in [0.2, 0.25) is 0 Å². The van der Waals surface area contributed by atoms with Crippen LogP contribution in [-0.2, 0) is 14.3 Å². The maximum atomic E-state index is 11.2. The van der Waals surface area contributed by atoms with Gasteiger partial charge in [0.1, 0.15) is 0 Å². The largest absolute Gasteiger partial charge is 0.480 e. The molecular weight excluding hydrogens is 174 g/mol. The number of esters is 1. The van der Waals surface area contributed by atoms with Crippen molar-refractivity contribution in [3.63, 3.8) is 0 Å². The Morgan fingerprint density at radius 2 is 2.31 bits per heavy atom. The van der Waals surface area contributed by atoms with Gasteiger partial charge in [-0.3, -0.25) is 14.6 Å². The highest BCUT2D eigenvalue weighted by molar-refractivity contribution is 6.04. The third-order valence-corrected chi connectivity index (χ3v) is 1.90. The lowest BCUT2D eigenvalue weighted by Gasteiger charge is -2.22. The number of ether oxygens (including phenoxy) is 1. The summed E-state index contributed by atoms with van der Waals surface area (Å²) in [7, 11) is 1.16. The van der Waals surface area contributed by atoms with E-state index in [9.17, 15) is 9.59 Å². The van der Waals surface area contributed by atoms with Crippen molar-refractivity contribution in [1.82, 2.24) is 0 Å². The van der Waals surface area contributed by atoms with Gasteiger partial charge in [-0.05, 0) is 6.08 Å². The highest BCUT2D eigenvalue weighted by atomic mass is 16.5. The molecule has 1 N–H and O–H groups in total. The molecule has 13 heavy (non-hydrogen) atoms. The van der Waals surface area contributed by atoms with Crippen LogP contribution in [0.5, 0.6) is 0 Å². The van der Waals surface area contributed by atoms with Gasteiger partial charge in [-0.15, -0.1) is 0 Å². The molecule has 0 saturated heterocycles. The molecule has 1 rings (SSSR count). The number of hydrogen-bond acceptors (Lipinski definition) is 4. The zero-order valence-corrected chi connectivity index (χ0v) is 7.06. The fourth-order valence-corrected chi connectivity index (χ4v) is 1.08. The van der Waals surface area contributed by atoms with Gasteiger partial charge in [0.25, 0.3) is 0 Å². The average molecular weight is 183 g/mol. The van der Waals surface area contributed by atoms with E-state index in [0.717, 1.165) is 7.11 Å². The number of nitrogens with zero attached hydrogens (tertiary/aromatic N) is 1. The number of rotatable bonds is 2. The number of carboxylic acid groups (broad SMARTS) is 1. The van der Waals surface area contributed by atoms with E-state index >= 15 is 0 Å². The van der Waals surface area contributed by atoms with Gasteiger partial charge >= 0.3 is 11.9 Å². The lowest BCUT2D eigenvalue weighted by Crippen LogP contribution is -2.39. The molecule has 0 aliphatic carbocycles. The highest BCUT2D eigenvalue weighted by Gasteiger charge is 2.45. The van der Waals surface area contributed by atoms with Crippen molar-refractivity contribution < 1.29 is 19.4 Å². The van der Waals surface area contributed by atoms with E-state index in [0.29, 0.717) is 0 Å². The summed E-state index contributed by atoms with van der Waals surface area (Å²) in [5.74, 6) is -2.00. The fourth-order valence-electron chi connectivity index (χ4n) is 1.08. The molecule has 1 heterocycles. The Morgan fingerprint density at radius 1 is 1.62 bits per heavy atom. The predicted octanol–water partition coefficient (Wildman–Crippen LogP) is 0.219. The van der Waals surface area contributed by atoms with Crippen LogP contribution in [0.15, 0.2) is 17.3 Å². The maximum Gasteiger partial charge on any atom is 0.327 e. The van der Waals surface area contributed by atoms with E-state index in [4.69, 9.17) is 5.11 Å². The number of methoxy groups -OCH3 is 1. The number of carbonyl (C=O) groups excluding carboxylic acids is 1. The van der Waals surface area contributed by atoms with Crippen LogP contribution in [0.4, 0.5) is 0 Å². The Kier molecular flexibility index (Phi) is 2.46. The molecule has 5 heteroatoms. The topological polar surface area (TPSA) is 76.0 Å². The minimum absolute atomic E-state index is 0.0332. The quantitative estimate of drug-likeness (QED) is 0.490. The minimum atomic E-state index is -1.59. The summed E-state index contributed by atoms with van der Waals surface area (Å²) in [6, 6.07) is 0. The van der Waals surface area contributed by atoms with Crippen LogP contribution in [0.25, 0.3) is 0 Å². The maximum absolute atomic E-state index is 11.2. The molecular formula is C8H9NO4. The van der Waals surface area contributed by atoms with Crippen molar-refractivity contribution in [2.75, 3.05) is 7.11 Å². The van der Waals surface area contributed by atoms with E-state index in [2.05, 4.69) is 9.73 Å². The monoisotopic (exact) mass is 183 g/mol. The molecule has 5 nitrogen and oxygen atoms in total. The van der Waals surface area contributed by atoms with Gasteiger partial charge in [0, 0.05) is 18.8 Å². The highest BCUT2D eigenvalue weighted by Crippen LogP contribution is 2.27. The minimum Gasteiger partial charge on any atom is -0.480 e. The average Bonchev–Trinajstić information content (AvgIpc) is 2.17. The van der Waals surface area contributed by atoms with Gasteiger partial charge in [0.15, 0.2) is 5.41 Å². The Morgan fingerprint density at radius 3 is 2.69 bits per heavy atom. The van der Waals surface area contributed by atoms with Crippen molar-refractivity contribution in [1.29, 1.82) is 0 Å². The zero-order chi connectivity index (χ0) is 9.90. The molecule has 0 amide bonds. The second kappa shape index (κ2) is 3.38. The molecule has 0 saturated carbocycles. The summed E-state index contributed by atoms with van der Waals surface area (Å²) < 4.78 is 4.42. The smallest absolute Gasteiger partial charge is 0.327 e. The molecule has 0 fully saturated rings. The van der Waals surface area contributed by atoms with E-state index in [-0.39, 0.29) is 6.42 Å². The first-order chi connectivity index (χ1) is 6.13. The number of aliphatic imine (C=N–C) groups is 1. The molecule has 0 aromatic heterocycles. The first kappa shape index (κ1) is 9.44. The summed E-state index contributed by atoms with van der Waals surface area (Å²) in [6.07, 6.45) is 3.94. The van der Waals surface area contributed by atoms with Gasteiger partial charge in [-0.1, -0.05) is 0 Å². The van der Waals surface area contributed by atoms with Crippen LogP contribution in [0.3, 0.4) is 0 Å². The van der Waals surface area contributed by atoms with E-state index in [1.807, 2.05) is 0 Å². The Bertz CT molecular complexity index is 295. The van der Waals surface area contributed by atoms with Crippen LogP contribution < -0.4 is 0 Å². The number of hydrogen-bond donors (Lipinski definition) is 1. The second-order valence-corrected chi connectivity index (χ2v) is 2.62.